The Kier molecular flexibility index (Phi) is 4.00. The Morgan fingerprint density at radius 3 is 2.63 bits per heavy atom. The molecule has 0 aliphatic heterocycles. The Hall–Kier alpha value is -1.68. The number of halogens is 2. The van der Waals surface area contributed by atoms with Gasteiger partial charge in [-0.15, -0.1) is 0 Å². The van der Waals surface area contributed by atoms with Crippen molar-refractivity contribution in [2.45, 2.75) is 13.8 Å². The maximum atomic E-state index is 13.7. The zero-order valence-corrected chi connectivity index (χ0v) is 12.2. The second-order valence-electron chi connectivity index (χ2n) is 4.37. The van der Waals surface area contributed by atoms with Crippen LogP contribution in [0.4, 0.5) is 10.1 Å². The summed E-state index contributed by atoms with van der Waals surface area (Å²) in [5.41, 5.74) is 2.46. The number of carbonyl (C=O) groups is 1. The van der Waals surface area contributed by atoms with Gasteiger partial charge in [0.2, 0.25) is 0 Å². The number of amides is 1. The molecule has 0 aliphatic carbocycles. The number of rotatable bonds is 2. The van der Waals surface area contributed by atoms with Crippen LogP contribution < -0.4 is 5.32 Å². The summed E-state index contributed by atoms with van der Waals surface area (Å²) in [5.74, 6) is -0.968. The maximum absolute atomic E-state index is 13.7. The van der Waals surface area contributed by atoms with E-state index in [1.807, 2.05) is 19.1 Å². The summed E-state index contributed by atoms with van der Waals surface area (Å²) in [4.78, 5) is 12.0. The average Bonchev–Trinajstić information content (AvgIpc) is 2.34. The van der Waals surface area contributed by atoms with Crippen LogP contribution in [-0.2, 0) is 0 Å². The summed E-state index contributed by atoms with van der Waals surface area (Å²) >= 11 is 3.40. The van der Waals surface area contributed by atoms with Crippen LogP contribution in [0.3, 0.4) is 0 Å². The van der Waals surface area contributed by atoms with Gasteiger partial charge in [0.25, 0.3) is 5.91 Å². The van der Waals surface area contributed by atoms with Crippen molar-refractivity contribution in [3.8, 4) is 0 Å². The van der Waals surface area contributed by atoms with E-state index in [4.69, 9.17) is 0 Å². The second kappa shape index (κ2) is 5.53. The van der Waals surface area contributed by atoms with E-state index in [1.165, 1.54) is 12.1 Å². The predicted octanol–water partition coefficient (Wildman–Crippen LogP) is 4.46. The predicted molar refractivity (Wildman–Crippen MR) is 78.0 cm³/mol. The number of hydrogen-bond donors (Lipinski definition) is 1. The number of aryl methyl sites for hydroxylation is 2. The maximum Gasteiger partial charge on any atom is 0.258 e. The van der Waals surface area contributed by atoms with Crippen LogP contribution in [0.25, 0.3) is 0 Å². The van der Waals surface area contributed by atoms with Gasteiger partial charge in [0.05, 0.1) is 11.3 Å². The van der Waals surface area contributed by atoms with Gasteiger partial charge in [-0.25, -0.2) is 4.39 Å². The highest BCUT2D eigenvalue weighted by molar-refractivity contribution is 9.10. The van der Waals surface area contributed by atoms with Crippen LogP contribution in [0.15, 0.2) is 40.9 Å². The molecule has 0 saturated carbocycles. The Labute approximate surface area is 119 Å². The minimum Gasteiger partial charge on any atom is -0.321 e. The van der Waals surface area contributed by atoms with Gasteiger partial charge < -0.3 is 5.32 Å². The smallest absolute Gasteiger partial charge is 0.258 e. The molecule has 0 unspecified atom stereocenters. The minimum absolute atomic E-state index is 0.0407. The van der Waals surface area contributed by atoms with Crippen molar-refractivity contribution >= 4 is 27.5 Å². The van der Waals surface area contributed by atoms with Crippen molar-refractivity contribution in [2.75, 3.05) is 5.32 Å². The van der Waals surface area contributed by atoms with E-state index < -0.39 is 11.7 Å². The summed E-state index contributed by atoms with van der Waals surface area (Å²) in [6.45, 7) is 3.70. The molecule has 0 bridgehead atoms. The molecule has 2 aromatic rings. The lowest BCUT2D eigenvalue weighted by atomic mass is 10.1. The van der Waals surface area contributed by atoms with Crippen LogP contribution in [0, 0.1) is 19.7 Å². The quantitative estimate of drug-likeness (QED) is 0.869. The number of anilines is 1. The third kappa shape index (κ3) is 3.01. The fraction of sp³-hybridized carbons (Fsp3) is 0.133. The lowest BCUT2D eigenvalue weighted by Gasteiger charge is -2.10. The minimum atomic E-state index is -0.513. The molecule has 0 radical (unpaired) electrons. The number of carbonyl (C=O) groups excluding carboxylic acids is 1. The first-order valence-electron chi connectivity index (χ1n) is 5.81. The Morgan fingerprint density at radius 2 is 1.95 bits per heavy atom. The summed E-state index contributed by atoms with van der Waals surface area (Å²) in [7, 11) is 0. The SMILES string of the molecule is Cc1ccc(C(=O)Nc2cccc(C)c2Br)c(F)c1. The lowest BCUT2D eigenvalue weighted by molar-refractivity contribution is 0.102. The fourth-order valence-electron chi connectivity index (χ4n) is 1.74. The van der Waals surface area contributed by atoms with Crippen LogP contribution in [0.5, 0.6) is 0 Å². The molecule has 2 aromatic carbocycles. The van der Waals surface area contributed by atoms with E-state index in [0.29, 0.717) is 5.69 Å². The number of benzene rings is 2. The van der Waals surface area contributed by atoms with E-state index >= 15 is 0 Å². The van der Waals surface area contributed by atoms with Gasteiger partial charge in [0.1, 0.15) is 5.82 Å². The molecule has 1 amide bonds. The molecule has 19 heavy (non-hydrogen) atoms. The van der Waals surface area contributed by atoms with E-state index in [2.05, 4.69) is 21.2 Å². The van der Waals surface area contributed by atoms with Gasteiger partial charge in [-0.05, 0) is 59.1 Å². The summed E-state index contributed by atoms with van der Waals surface area (Å²) in [5, 5.41) is 2.70. The molecule has 0 saturated heterocycles. The third-order valence-electron chi connectivity index (χ3n) is 2.81. The van der Waals surface area contributed by atoms with Gasteiger partial charge in [0, 0.05) is 4.47 Å². The molecule has 1 N–H and O–H groups in total. The average molecular weight is 322 g/mol. The fourth-order valence-corrected chi connectivity index (χ4v) is 2.10. The first-order valence-corrected chi connectivity index (χ1v) is 6.61. The second-order valence-corrected chi connectivity index (χ2v) is 5.17. The molecule has 0 aliphatic rings. The molecular formula is C15H13BrFNO. The number of nitrogens with one attached hydrogen (secondary N) is 1. The summed E-state index contributed by atoms with van der Waals surface area (Å²) < 4.78 is 14.5. The molecule has 2 rings (SSSR count). The first-order chi connectivity index (χ1) is 8.99. The number of hydrogen-bond acceptors (Lipinski definition) is 1. The zero-order chi connectivity index (χ0) is 14.0. The van der Waals surface area contributed by atoms with E-state index in [0.717, 1.165) is 15.6 Å². The van der Waals surface area contributed by atoms with Crippen molar-refractivity contribution in [3.05, 3.63) is 63.4 Å². The van der Waals surface area contributed by atoms with Gasteiger partial charge in [-0.1, -0.05) is 18.2 Å². The molecule has 0 spiro atoms. The van der Waals surface area contributed by atoms with Gasteiger partial charge in [-0.3, -0.25) is 4.79 Å². The first kappa shape index (κ1) is 13.7. The van der Waals surface area contributed by atoms with Crippen LogP contribution in [0.2, 0.25) is 0 Å². The highest BCUT2D eigenvalue weighted by Gasteiger charge is 2.13. The molecule has 98 valence electrons. The van der Waals surface area contributed by atoms with E-state index in [9.17, 15) is 9.18 Å². The summed E-state index contributed by atoms with van der Waals surface area (Å²) in [6.07, 6.45) is 0. The van der Waals surface area contributed by atoms with Gasteiger partial charge in [-0.2, -0.15) is 0 Å². The Balaban J connectivity index is 2.28. The highest BCUT2D eigenvalue weighted by atomic mass is 79.9. The molecule has 0 heterocycles. The summed E-state index contributed by atoms with van der Waals surface area (Å²) in [6, 6.07) is 10.1. The van der Waals surface area contributed by atoms with Crippen molar-refractivity contribution in [2.24, 2.45) is 0 Å². The molecule has 0 aromatic heterocycles. The molecule has 2 nitrogen and oxygen atoms in total. The molecular weight excluding hydrogens is 309 g/mol. The van der Waals surface area contributed by atoms with Gasteiger partial charge >= 0.3 is 0 Å². The van der Waals surface area contributed by atoms with Crippen LogP contribution in [0.1, 0.15) is 21.5 Å². The van der Waals surface area contributed by atoms with Crippen molar-refractivity contribution in [3.63, 3.8) is 0 Å². The largest absolute Gasteiger partial charge is 0.321 e. The monoisotopic (exact) mass is 321 g/mol. The highest BCUT2D eigenvalue weighted by Crippen LogP contribution is 2.26. The zero-order valence-electron chi connectivity index (χ0n) is 10.6. The Bertz CT molecular complexity index is 640. The van der Waals surface area contributed by atoms with Crippen molar-refractivity contribution in [1.29, 1.82) is 0 Å². The topological polar surface area (TPSA) is 29.1 Å². The molecule has 0 fully saturated rings. The lowest BCUT2D eigenvalue weighted by Crippen LogP contribution is -2.14. The molecule has 0 atom stereocenters. The van der Waals surface area contributed by atoms with Crippen LogP contribution >= 0.6 is 15.9 Å². The van der Waals surface area contributed by atoms with Crippen molar-refractivity contribution in [1.82, 2.24) is 0 Å². The Morgan fingerprint density at radius 1 is 1.21 bits per heavy atom. The van der Waals surface area contributed by atoms with E-state index in [1.54, 1.807) is 19.1 Å². The standard InChI is InChI=1S/C15H13BrFNO/c1-9-6-7-11(12(17)8-9)15(19)18-13-5-3-4-10(2)14(13)16/h3-8H,1-2H3,(H,18,19). The van der Waals surface area contributed by atoms with Crippen LogP contribution in [-0.4, -0.2) is 5.91 Å². The normalized spacial score (nSPS) is 10.3. The van der Waals surface area contributed by atoms with E-state index in [-0.39, 0.29) is 5.56 Å². The van der Waals surface area contributed by atoms with Gasteiger partial charge in [0.15, 0.2) is 0 Å². The molecule has 4 heteroatoms. The van der Waals surface area contributed by atoms with Crippen molar-refractivity contribution < 1.29 is 9.18 Å². The third-order valence-corrected chi connectivity index (χ3v) is 3.86.